The van der Waals surface area contributed by atoms with Gasteiger partial charge in [0.25, 0.3) is 5.91 Å². The molecule has 0 heterocycles. The first-order valence-electron chi connectivity index (χ1n) is 6.33. The minimum Gasteiger partial charge on any atom is -0.506 e. The van der Waals surface area contributed by atoms with Crippen molar-refractivity contribution in [1.82, 2.24) is 0 Å². The summed E-state index contributed by atoms with van der Waals surface area (Å²) in [5, 5.41) is 12.0. The molecule has 0 aliphatic carbocycles. The van der Waals surface area contributed by atoms with E-state index in [-0.39, 0.29) is 28.4 Å². The first-order chi connectivity index (χ1) is 10.0. The summed E-state index contributed by atoms with van der Waals surface area (Å²) >= 11 is 0. The van der Waals surface area contributed by atoms with Crippen molar-refractivity contribution in [2.24, 2.45) is 0 Å². The number of phenols is 1. The van der Waals surface area contributed by atoms with Crippen LogP contribution in [-0.2, 0) is 0 Å². The van der Waals surface area contributed by atoms with Crippen molar-refractivity contribution in [1.29, 1.82) is 0 Å². The molecule has 0 atom stereocenters. The highest BCUT2D eigenvalue weighted by atomic mass is 19.1. The van der Waals surface area contributed by atoms with Gasteiger partial charge in [-0.1, -0.05) is 0 Å². The monoisotopic (exact) mass is 290 g/mol. The molecule has 2 rings (SSSR count). The number of aromatic hydroxyl groups is 1. The average Bonchev–Trinajstić information content (AvgIpc) is 2.45. The van der Waals surface area contributed by atoms with Gasteiger partial charge in [0, 0.05) is 17.3 Å². The van der Waals surface area contributed by atoms with E-state index in [0.717, 1.165) is 0 Å². The summed E-state index contributed by atoms with van der Waals surface area (Å²) in [5.74, 6) is -1.09. The predicted molar refractivity (Wildman–Crippen MR) is 78.0 cm³/mol. The van der Waals surface area contributed by atoms with Crippen molar-refractivity contribution in [3.05, 3.63) is 47.8 Å². The van der Waals surface area contributed by atoms with E-state index in [9.17, 15) is 14.3 Å². The number of hydrogen-bond donors (Lipinski definition) is 3. The number of rotatable bonds is 4. The molecule has 21 heavy (non-hydrogen) atoms. The average molecular weight is 290 g/mol. The molecule has 2 aromatic carbocycles. The Kier molecular flexibility index (Phi) is 4.27. The van der Waals surface area contributed by atoms with Gasteiger partial charge < -0.3 is 20.9 Å². The van der Waals surface area contributed by atoms with Crippen LogP contribution in [0.4, 0.5) is 15.8 Å². The molecule has 110 valence electrons. The van der Waals surface area contributed by atoms with Crippen molar-refractivity contribution in [3.8, 4) is 11.5 Å². The zero-order valence-corrected chi connectivity index (χ0v) is 11.4. The number of nitrogens with two attached hydrogens (primary N) is 1. The SMILES string of the molecule is CCOc1ccc(NC(=O)c2ccc(N)c(O)c2)cc1F. The van der Waals surface area contributed by atoms with Gasteiger partial charge in [0.1, 0.15) is 5.75 Å². The van der Waals surface area contributed by atoms with Crippen LogP contribution in [-0.4, -0.2) is 17.6 Å². The second-order valence-electron chi connectivity index (χ2n) is 4.31. The summed E-state index contributed by atoms with van der Waals surface area (Å²) in [6, 6.07) is 8.27. The van der Waals surface area contributed by atoms with E-state index in [1.54, 1.807) is 6.92 Å². The summed E-state index contributed by atoms with van der Waals surface area (Å²) in [6.45, 7) is 2.11. The molecule has 6 heteroatoms. The maximum Gasteiger partial charge on any atom is 0.255 e. The highest BCUT2D eigenvalue weighted by Crippen LogP contribution is 2.23. The Morgan fingerprint density at radius 1 is 1.33 bits per heavy atom. The fraction of sp³-hybridized carbons (Fsp3) is 0.133. The van der Waals surface area contributed by atoms with Crippen LogP contribution in [0.5, 0.6) is 11.5 Å². The lowest BCUT2D eigenvalue weighted by molar-refractivity contribution is 0.102. The topological polar surface area (TPSA) is 84.6 Å². The van der Waals surface area contributed by atoms with Gasteiger partial charge in [-0.05, 0) is 37.3 Å². The van der Waals surface area contributed by atoms with Gasteiger partial charge in [0.05, 0.1) is 12.3 Å². The minimum absolute atomic E-state index is 0.126. The second-order valence-corrected chi connectivity index (χ2v) is 4.31. The lowest BCUT2D eigenvalue weighted by Gasteiger charge is -2.09. The quantitative estimate of drug-likeness (QED) is 0.597. The van der Waals surface area contributed by atoms with Gasteiger partial charge >= 0.3 is 0 Å². The van der Waals surface area contributed by atoms with Crippen molar-refractivity contribution >= 4 is 17.3 Å². The van der Waals surface area contributed by atoms with Crippen molar-refractivity contribution < 1.29 is 19.0 Å². The number of carbonyl (C=O) groups is 1. The smallest absolute Gasteiger partial charge is 0.255 e. The fourth-order valence-electron chi connectivity index (χ4n) is 1.74. The Labute approximate surface area is 121 Å². The van der Waals surface area contributed by atoms with Crippen molar-refractivity contribution in [3.63, 3.8) is 0 Å². The number of ether oxygens (including phenoxy) is 1. The first kappa shape index (κ1) is 14.6. The van der Waals surface area contributed by atoms with Crippen LogP contribution in [0.3, 0.4) is 0 Å². The van der Waals surface area contributed by atoms with Crippen LogP contribution < -0.4 is 15.8 Å². The molecule has 0 fully saturated rings. The third-order valence-corrected chi connectivity index (χ3v) is 2.78. The first-order valence-corrected chi connectivity index (χ1v) is 6.33. The molecule has 0 unspecified atom stereocenters. The number of amides is 1. The number of nitrogen functional groups attached to an aromatic ring is 1. The molecule has 4 N–H and O–H groups in total. The van der Waals surface area contributed by atoms with Gasteiger partial charge in [0.2, 0.25) is 0 Å². The van der Waals surface area contributed by atoms with Gasteiger partial charge in [-0.2, -0.15) is 0 Å². The summed E-state index contributed by atoms with van der Waals surface area (Å²) in [7, 11) is 0. The molecule has 2 aromatic rings. The molecule has 0 saturated carbocycles. The van der Waals surface area contributed by atoms with E-state index < -0.39 is 11.7 Å². The zero-order valence-electron chi connectivity index (χ0n) is 11.4. The number of anilines is 2. The van der Waals surface area contributed by atoms with E-state index in [4.69, 9.17) is 10.5 Å². The third kappa shape index (κ3) is 3.42. The van der Waals surface area contributed by atoms with Crippen molar-refractivity contribution in [2.75, 3.05) is 17.7 Å². The number of hydrogen-bond acceptors (Lipinski definition) is 4. The van der Waals surface area contributed by atoms with Crippen LogP contribution in [0, 0.1) is 5.82 Å². The molecule has 5 nitrogen and oxygen atoms in total. The van der Waals surface area contributed by atoms with E-state index in [1.165, 1.54) is 36.4 Å². The van der Waals surface area contributed by atoms with Crippen LogP contribution >= 0.6 is 0 Å². The van der Waals surface area contributed by atoms with Gasteiger partial charge in [-0.15, -0.1) is 0 Å². The highest BCUT2D eigenvalue weighted by Gasteiger charge is 2.10. The summed E-state index contributed by atoms with van der Waals surface area (Å²) < 4.78 is 18.7. The van der Waals surface area contributed by atoms with Crippen molar-refractivity contribution in [2.45, 2.75) is 6.92 Å². The van der Waals surface area contributed by atoms with E-state index >= 15 is 0 Å². The molecule has 1 amide bonds. The normalized spacial score (nSPS) is 10.2. The van der Waals surface area contributed by atoms with Crippen LogP contribution in [0.1, 0.15) is 17.3 Å². The summed E-state index contributed by atoms with van der Waals surface area (Å²) in [6.07, 6.45) is 0. The Bertz CT molecular complexity index is 674. The molecule has 0 aromatic heterocycles. The molecule has 0 radical (unpaired) electrons. The number of halogens is 1. The van der Waals surface area contributed by atoms with Crippen LogP contribution in [0.25, 0.3) is 0 Å². The molecule has 0 spiro atoms. The molecule has 0 saturated heterocycles. The molecule has 0 bridgehead atoms. The fourth-order valence-corrected chi connectivity index (χ4v) is 1.74. The van der Waals surface area contributed by atoms with E-state index in [0.29, 0.717) is 6.61 Å². The van der Waals surface area contributed by atoms with Crippen LogP contribution in [0.15, 0.2) is 36.4 Å². The summed E-state index contributed by atoms with van der Waals surface area (Å²) in [5.41, 5.74) is 6.15. The third-order valence-electron chi connectivity index (χ3n) is 2.78. The standard InChI is InChI=1S/C15H15FN2O3/c1-2-21-14-6-4-10(8-11(14)16)18-15(20)9-3-5-12(17)13(19)7-9/h3-8,19H,2,17H2,1H3,(H,18,20). The van der Waals surface area contributed by atoms with Gasteiger partial charge in [0.15, 0.2) is 11.6 Å². The molecule has 0 aliphatic rings. The Balaban J connectivity index is 2.15. The predicted octanol–water partition coefficient (Wildman–Crippen LogP) is 2.76. The minimum atomic E-state index is -0.560. The molecular weight excluding hydrogens is 275 g/mol. The zero-order chi connectivity index (χ0) is 15.4. The lowest BCUT2D eigenvalue weighted by Crippen LogP contribution is -2.12. The number of phenolic OH excluding ortho intramolecular Hbond substituents is 1. The Morgan fingerprint density at radius 3 is 2.71 bits per heavy atom. The summed E-state index contributed by atoms with van der Waals surface area (Å²) in [4.78, 5) is 12.0. The largest absolute Gasteiger partial charge is 0.506 e. The van der Waals surface area contributed by atoms with Crippen LogP contribution in [0.2, 0.25) is 0 Å². The number of carbonyl (C=O) groups excluding carboxylic acids is 1. The highest BCUT2D eigenvalue weighted by molar-refractivity contribution is 6.04. The Hall–Kier alpha value is -2.76. The second kappa shape index (κ2) is 6.13. The molecular formula is C15H15FN2O3. The van der Waals surface area contributed by atoms with Gasteiger partial charge in [-0.25, -0.2) is 4.39 Å². The van der Waals surface area contributed by atoms with Gasteiger partial charge in [-0.3, -0.25) is 4.79 Å². The van der Waals surface area contributed by atoms with E-state index in [1.807, 2.05) is 0 Å². The van der Waals surface area contributed by atoms with E-state index in [2.05, 4.69) is 5.32 Å². The maximum absolute atomic E-state index is 13.7. The lowest BCUT2D eigenvalue weighted by atomic mass is 10.1. The number of nitrogens with one attached hydrogen (secondary N) is 1. The number of benzene rings is 2. The Morgan fingerprint density at radius 2 is 2.10 bits per heavy atom. The molecule has 0 aliphatic heterocycles. The maximum atomic E-state index is 13.7.